The highest BCUT2D eigenvalue weighted by Crippen LogP contribution is 2.28. The van der Waals surface area contributed by atoms with Crippen molar-refractivity contribution in [2.24, 2.45) is 0 Å². The van der Waals surface area contributed by atoms with E-state index in [0.717, 1.165) is 42.0 Å². The van der Waals surface area contributed by atoms with Crippen LogP contribution in [0.1, 0.15) is 50.2 Å². The van der Waals surface area contributed by atoms with E-state index in [2.05, 4.69) is 5.32 Å². The Bertz CT molecular complexity index is 1530. The quantitative estimate of drug-likeness (QED) is 0.256. The maximum Gasteiger partial charge on any atom is 0.264 e. The van der Waals surface area contributed by atoms with E-state index in [-0.39, 0.29) is 23.4 Å². The number of rotatable bonds is 10. The summed E-state index contributed by atoms with van der Waals surface area (Å²) >= 11 is 18.6. The first-order valence-electron chi connectivity index (χ1n) is 13.8. The molecule has 1 atom stereocenters. The zero-order valence-corrected chi connectivity index (χ0v) is 26.6. The van der Waals surface area contributed by atoms with Crippen molar-refractivity contribution in [1.29, 1.82) is 0 Å². The van der Waals surface area contributed by atoms with Crippen LogP contribution in [-0.4, -0.2) is 43.8 Å². The molecule has 1 fully saturated rings. The molecule has 0 bridgehead atoms. The molecule has 1 saturated carbocycles. The van der Waals surface area contributed by atoms with Gasteiger partial charge in [-0.15, -0.1) is 0 Å². The number of nitrogens with one attached hydrogen (secondary N) is 1. The maximum atomic E-state index is 14.1. The molecule has 42 heavy (non-hydrogen) atoms. The number of benzene rings is 3. The molecule has 0 heterocycles. The molecule has 3 aromatic rings. The minimum atomic E-state index is -4.19. The summed E-state index contributed by atoms with van der Waals surface area (Å²) in [7, 11) is -4.19. The van der Waals surface area contributed by atoms with Crippen molar-refractivity contribution in [3.05, 3.63) is 92.9 Å². The topological polar surface area (TPSA) is 86.8 Å². The summed E-state index contributed by atoms with van der Waals surface area (Å²) in [5.74, 6) is -0.866. The third-order valence-corrected chi connectivity index (χ3v) is 10.1. The normalized spacial score (nSPS) is 14.7. The van der Waals surface area contributed by atoms with Crippen LogP contribution in [0.25, 0.3) is 0 Å². The lowest BCUT2D eigenvalue weighted by molar-refractivity contribution is -0.139. The smallest absolute Gasteiger partial charge is 0.264 e. The first-order chi connectivity index (χ1) is 20.0. The number of aryl methyl sites for hydroxylation is 1. The molecule has 1 N–H and O–H groups in total. The van der Waals surface area contributed by atoms with Gasteiger partial charge in [0, 0.05) is 27.7 Å². The number of sulfonamides is 1. The summed E-state index contributed by atoms with van der Waals surface area (Å²) in [4.78, 5) is 28.9. The van der Waals surface area contributed by atoms with E-state index >= 15 is 0 Å². The average Bonchev–Trinajstić information content (AvgIpc) is 2.95. The summed E-state index contributed by atoms with van der Waals surface area (Å²) in [6, 6.07) is 16.7. The highest BCUT2D eigenvalue weighted by molar-refractivity contribution is 7.92. The number of halogens is 3. The van der Waals surface area contributed by atoms with Crippen LogP contribution in [-0.2, 0) is 26.2 Å². The number of hydrogen-bond donors (Lipinski definition) is 1. The van der Waals surface area contributed by atoms with Gasteiger partial charge in [0.1, 0.15) is 12.6 Å². The molecule has 3 aromatic carbocycles. The van der Waals surface area contributed by atoms with Crippen molar-refractivity contribution in [2.75, 3.05) is 10.8 Å². The zero-order valence-electron chi connectivity index (χ0n) is 23.5. The lowest BCUT2D eigenvalue weighted by Gasteiger charge is -2.33. The molecule has 4 rings (SSSR count). The van der Waals surface area contributed by atoms with Crippen molar-refractivity contribution in [3.63, 3.8) is 0 Å². The summed E-state index contributed by atoms with van der Waals surface area (Å²) in [6.07, 6.45) is 4.98. The summed E-state index contributed by atoms with van der Waals surface area (Å²) < 4.78 is 28.9. The summed E-state index contributed by atoms with van der Waals surface area (Å²) in [5, 5.41) is 4.24. The Kier molecular flexibility index (Phi) is 10.8. The largest absolute Gasteiger partial charge is 0.352 e. The highest BCUT2D eigenvalue weighted by atomic mass is 35.5. The van der Waals surface area contributed by atoms with Gasteiger partial charge in [0.05, 0.1) is 10.6 Å². The third-order valence-electron chi connectivity index (χ3n) is 7.44. The fourth-order valence-corrected chi connectivity index (χ4v) is 7.03. The Balaban J connectivity index is 1.69. The Morgan fingerprint density at radius 3 is 2.24 bits per heavy atom. The second-order valence-corrected chi connectivity index (χ2v) is 13.7. The van der Waals surface area contributed by atoms with Crippen LogP contribution in [0.2, 0.25) is 15.1 Å². The van der Waals surface area contributed by atoms with Crippen LogP contribution in [0.15, 0.2) is 71.6 Å². The fourth-order valence-electron chi connectivity index (χ4n) is 5.03. The second kappa shape index (κ2) is 14.1. The van der Waals surface area contributed by atoms with Gasteiger partial charge in [0.2, 0.25) is 11.8 Å². The van der Waals surface area contributed by atoms with Gasteiger partial charge in [-0.1, -0.05) is 72.3 Å². The van der Waals surface area contributed by atoms with Crippen LogP contribution in [0.3, 0.4) is 0 Å². The van der Waals surface area contributed by atoms with E-state index in [1.54, 1.807) is 43.3 Å². The van der Waals surface area contributed by atoms with E-state index in [9.17, 15) is 18.0 Å². The van der Waals surface area contributed by atoms with Crippen LogP contribution < -0.4 is 9.62 Å². The van der Waals surface area contributed by atoms with Crippen LogP contribution >= 0.6 is 34.8 Å². The first-order valence-corrected chi connectivity index (χ1v) is 16.4. The number of nitrogens with zero attached hydrogens (tertiary/aromatic N) is 2. The first kappa shape index (κ1) is 32.1. The van der Waals surface area contributed by atoms with Gasteiger partial charge in [-0.3, -0.25) is 13.9 Å². The maximum absolute atomic E-state index is 14.1. The van der Waals surface area contributed by atoms with Crippen molar-refractivity contribution in [2.45, 2.75) is 69.5 Å². The minimum Gasteiger partial charge on any atom is -0.352 e. The van der Waals surface area contributed by atoms with Gasteiger partial charge in [-0.2, -0.15) is 0 Å². The number of amides is 2. The predicted octanol–water partition coefficient (Wildman–Crippen LogP) is 7.02. The third kappa shape index (κ3) is 7.98. The molecule has 1 aliphatic rings. The van der Waals surface area contributed by atoms with Crippen molar-refractivity contribution in [1.82, 2.24) is 10.2 Å². The highest BCUT2D eigenvalue weighted by Gasteiger charge is 2.33. The van der Waals surface area contributed by atoms with Gasteiger partial charge in [0.25, 0.3) is 10.0 Å². The minimum absolute atomic E-state index is 0.0170. The molecular weight excluding hydrogens is 617 g/mol. The van der Waals surface area contributed by atoms with Gasteiger partial charge in [-0.05, 0) is 86.3 Å². The standard InChI is InChI=1S/C31H34Cl3N3O4S/c1-21-7-6-10-27(17-21)37(42(40,41)28-15-13-24(32)14-16-28)20-30(38)36(19-23-11-12-25(33)18-29(23)34)22(2)31(39)35-26-8-4-3-5-9-26/h6-7,10-18,22,26H,3-5,8-9,19-20H2,1-2H3,(H,35,39). The zero-order chi connectivity index (χ0) is 30.4. The van der Waals surface area contributed by atoms with Gasteiger partial charge >= 0.3 is 0 Å². The van der Waals surface area contributed by atoms with E-state index in [1.165, 1.54) is 29.2 Å². The van der Waals surface area contributed by atoms with E-state index in [4.69, 9.17) is 34.8 Å². The van der Waals surface area contributed by atoms with Crippen molar-refractivity contribution < 1.29 is 18.0 Å². The SMILES string of the molecule is Cc1cccc(N(CC(=O)N(Cc2ccc(Cl)cc2Cl)C(C)C(=O)NC2CCCCC2)S(=O)(=O)c2ccc(Cl)cc2)c1. The number of hydrogen-bond acceptors (Lipinski definition) is 4. The molecule has 7 nitrogen and oxygen atoms in total. The Morgan fingerprint density at radius 1 is 0.929 bits per heavy atom. The lowest BCUT2D eigenvalue weighted by Crippen LogP contribution is -2.53. The molecular formula is C31H34Cl3N3O4S. The molecule has 0 aliphatic heterocycles. The second-order valence-electron chi connectivity index (χ2n) is 10.6. The number of anilines is 1. The number of carbonyl (C=O) groups is 2. The van der Waals surface area contributed by atoms with Crippen LogP contribution in [0, 0.1) is 6.92 Å². The monoisotopic (exact) mass is 649 g/mol. The molecule has 0 spiro atoms. The molecule has 224 valence electrons. The van der Waals surface area contributed by atoms with Crippen molar-refractivity contribution in [3.8, 4) is 0 Å². The summed E-state index contributed by atoms with van der Waals surface area (Å²) in [5.41, 5.74) is 1.72. The van der Waals surface area contributed by atoms with Gasteiger partial charge in [-0.25, -0.2) is 8.42 Å². The fraction of sp³-hybridized carbons (Fsp3) is 0.355. The Hall–Kier alpha value is -2.78. The lowest BCUT2D eigenvalue weighted by atomic mass is 9.95. The molecule has 1 unspecified atom stereocenters. The molecule has 1 aliphatic carbocycles. The average molecular weight is 651 g/mol. The molecule has 0 saturated heterocycles. The molecule has 2 amide bonds. The molecule has 0 radical (unpaired) electrons. The van der Waals surface area contributed by atoms with Crippen LogP contribution in [0.5, 0.6) is 0 Å². The molecule has 0 aromatic heterocycles. The van der Waals surface area contributed by atoms with E-state index in [1.807, 2.05) is 13.0 Å². The Labute approximate surface area is 262 Å². The number of carbonyl (C=O) groups excluding carboxylic acids is 2. The van der Waals surface area contributed by atoms with Gasteiger partial charge < -0.3 is 10.2 Å². The molecule has 11 heteroatoms. The van der Waals surface area contributed by atoms with Crippen molar-refractivity contribution >= 4 is 62.3 Å². The van der Waals surface area contributed by atoms with E-state index < -0.39 is 28.5 Å². The van der Waals surface area contributed by atoms with Gasteiger partial charge in [0.15, 0.2) is 0 Å². The summed E-state index contributed by atoms with van der Waals surface area (Å²) in [6.45, 7) is 2.92. The van der Waals surface area contributed by atoms with E-state index in [0.29, 0.717) is 26.3 Å². The van der Waals surface area contributed by atoms with Crippen LogP contribution in [0.4, 0.5) is 5.69 Å². The predicted molar refractivity (Wildman–Crippen MR) is 169 cm³/mol. The Morgan fingerprint density at radius 2 is 1.60 bits per heavy atom.